The topological polar surface area (TPSA) is 131 Å². The molecule has 2 N–H and O–H groups in total. The van der Waals surface area contributed by atoms with Gasteiger partial charge in [-0.1, -0.05) is 0 Å². The number of nitrogens with one attached hydrogen (secondary N) is 1. The van der Waals surface area contributed by atoms with Crippen LogP contribution in [0.3, 0.4) is 0 Å². The fourth-order valence-corrected chi connectivity index (χ4v) is 4.33. The Morgan fingerprint density at radius 3 is 2.30 bits per heavy atom. The van der Waals surface area contributed by atoms with Crippen molar-refractivity contribution in [1.82, 2.24) is 14.9 Å². The number of carbonyl (C=O) groups is 3. The number of aromatic nitrogens is 2. The molecule has 10 nitrogen and oxygen atoms in total. The van der Waals surface area contributed by atoms with Gasteiger partial charge in [-0.05, 0) is 30.9 Å². The van der Waals surface area contributed by atoms with Gasteiger partial charge in [0.05, 0.1) is 11.9 Å². The Labute approximate surface area is 218 Å². The summed E-state index contributed by atoms with van der Waals surface area (Å²) in [5, 5.41) is 10.4. The van der Waals surface area contributed by atoms with E-state index >= 15 is 0 Å². The third-order valence-electron chi connectivity index (χ3n) is 6.40. The van der Waals surface area contributed by atoms with Crippen LogP contribution in [0.4, 0.5) is 37.0 Å². The highest BCUT2D eigenvalue weighted by Crippen LogP contribution is 2.40. The average Bonchev–Trinajstić information content (AvgIpc) is 3.62. The quantitative estimate of drug-likeness (QED) is 0.435. The number of nitrogens with zero attached hydrogens (tertiary/aromatic N) is 3. The number of halogens is 6. The van der Waals surface area contributed by atoms with E-state index in [-0.39, 0.29) is 30.8 Å². The first-order valence-corrected chi connectivity index (χ1v) is 11.6. The minimum atomic E-state index is -4.84. The van der Waals surface area contributed by atoms with E-state index in [1.165, 1.54) is 0 Å². The van der Waals surface area contributed by atoms with Crippen LogP contribution in [0, 0.1) is 23.4 Å². The zero-order chi connectivity index (χ0) is 29.1. The SMILES string of the molecule is O=C(N[C@@H](C1CC1)C(F)(F)F)c1cn(-c2c(F)cc(F)cc2F)c2nc(N3C[C@H](C(=O)O)OC3=O)ccc2c1=O. The molecule has 1 aliphatic carbocycles. The van der Waals surface area contributed by atoms with Crippen LogP contribution >= 0.6 is 0 Å². The summed E-state index contributed by atoms with van der Waals surface area (Å²) in [6, 6.07) is 0.325. The zero-order valence-electron chi connectivity index (χ0n) is 19.8. The van der Waals surface area contributed by atoms with E-state index in [9.17, 15) is 45.5 Å². The molecule has 0 unspecified atom stereocenters. The molecule has 16 heteroatoms. The highest BCUT2D eigenvalue weighted by Gasteiger charge is 2.50. The Balaban J connectivity index is 1.69. The Morgan fingerprint density at radius 2 is 1.75 bits per heavy atom. The van der Waals surface area contributed by atoms with E-state index in [2.05, 4.69) is 4.98 Å². The molecule has 1 saturated heterocycles. The molecule has 2 fully saturated rings. The van der Waals surface area contributed by atoms with Gasteiger partial charge in [0.1, 0.15) is 28.9 Å². The Hall–Kier alpha value is -4.63. The standard InChI is InChI=1S/C24H16F6N4O6/c25-10-5-13(26)17(14(27)6-10)34-7-12(21(36)32-19(9-1-2-9)24(28,29)30)18(35)11-3-4-16(31-20(11)34)33-8-15(22(37)38)40-23(33)39/h3-7,9,15,19H,1-2,8H2,(H,32,36)(H,37,38)/t15-,19+/m1/s1. The monoisotopic (exact) mass is 570 g/mol. The summed E-state index contributed by atoms with van der Waals surface area (Å²) >= 11 is 0. The number of carboxylic acids is 1. The molecule has 2 amide bonds. The molecule has 210 valence electrons. The summed E-state index contributed by atoms with van der Waals surface area (Å²) in [6.45, 7) is -0.517. The summed E-state index contributed by atoms with van der Waals surface area (Å²) in [4.78, 5) is 54.3. The fourth-order valence-electron chi connectivity index (χ4n) is 4.33. The van der Waals surface area contributed by atoms with E-state index < -0.39 is 93.9 Å². The molecule has 5 rings (SSSR count). The number of fused-ring (bicyclic) bond motifs is 1. The molecule has 1 saturated carbocycles. The maximum absolute atomic E-state index is 14.8. The van der Waals surface area contributed by atoms with Gasteiger partial charge in [0, 0.05) is 18.3 Å². The van der Waals surface area contributed by atoms with Crippen molar-refractivity contribution in [2.24, 2.45) is 5.92 Å². The smallest absolute Gasteiger partial charge is 0.416 e. The normalized spacial score (nSPS) is 18.1. The Kier molecular flexibility index (Phi) is 6.42. The number of amides is 2. The molecule has 0 radical (unpaired) electrons. The van der Waals surface area contributed by atoms with Crippen LogP contribution in [0.15, 0.2) is 35.3 Å². The van der Waals surface area contributed by atoms with Gasteiger partial charge < -0.3 is 15.2 Å². The molecule has 2 atom stereocenters. The van der Waals surface area contributed by atoms with Crippen LogP contribution in [-0.2, 0) is 9.53 Å². The number of benzene rings is 1. The molecule has 40 heavy (non-hydrogen) atoms. The molecule has 3 aromatic rings. The number of pyridine rings is 2. The first-order chi connectivity index (χ1) is 18.8. The Bertz CT molecular complexity index is 1610. The van der Waals surface area contributed by atoms with Crippen LogP contribution in [0.2, 0.25) is 0 Å². The second kappa shape index (κ2) is 9.53. The lowest BCUT2D eigenvalue weighted by Gasteiger charge is -2.22. The van der Waals surface area contributed by atoms with Crippen molar-refractivity contribution in [2.45, 2.75) is 31.2 Å². The van der Waals surface area contributed by atoms with Crippen molar-refractivity contribution in [3.8, 4) is 5.69 Å². The number of cyclic esters (lactones) is 1. The molecule has 3 heterocycles. The van der Waals surface area contributed by atoms with Crippen LogP contribution < -0.4 is 15.6 Å². The minimum absolute atomic E-state index is 0.187. The van der Waals surface area contributed by atoms with Crippen LogP contribution in [-0.4, -0.2) is 57.5 Å². The van der Waals surface area contributed by atoms with Crippen LogP contribution in [0.25, 0.3) is 16.7 Å². The average molecular weight is 570 g/mol. The summed E-state index contributed by atoms with van der Waals surface area (Å²) in [6.07, 6.45) is -6.62. The number of hydrogen-bond donors (Lipinski definition) is 2. The van der Waals surface area contributed by atoms with Gasteiger partial charge in [-0.3, -0.25) is 19.1 Å². The van der Waals surface area contributed by atoms with Crippen molar-refractivity contribution in [3.05, 3.63) is 63.7 Å². The maximum atomic E-state index is 14.8. The molecular weight excluding hydrogens is 554 g/mol. The van der Waals surface area contributed by atoms with Crippen LogP contribution in [0.5, 0.6) is 0 Å². The summed E-state index contributed by atoms with van der Waals surface area (Å²) < 4.78 is 89.1. The third kappa shape index (κ3) is 4.80. The summed E-state index contributed by atoms with van der Waals surface area (Å²) in [7, 11) is 0. The van der Waals surface area contributed by atoms with E-state index in [1.807, 2.05) is 0 Å². The van der Waals surface area contributed by atoms with Gasteiger partial charge in [-0.2, -0.15) is 13.2 Å². The zero-order valence-corrected chi connectivity index (χ0v) is 19.8. The molecule has 2 aliphatic rings. The lowest BCUT2D eigenvalue weighted by atomic mass is 10.1. The largest absolute Gasteiger partial charge is 0.478 e. The van der Waals surface area contributed by atoms with Crippen molar-refractivity contribution in [3.63, 3.8) is 0 Å². The van der Waals surface area contributed by atoms with Crippen molar-refractivity contribution >= 4 is 34.8 Å². The molecule has 0 spiro atoms. The summed E-state index contributed by atoms with van der Waals surface area (Å²) in [5.74, 6) is -8.51. The van der Waals surface area contributed by atoms with Gasteiger partial charge in [-0.25, -0.2) is 27.7 Å². The van der Waals surface area contributed by atoms with Gasteiger partial charge in [0.2, 0.25) is 11.5 Å². The lowest BCUT2D eigenvalue weighted by Crippen LogP contribution is -2.48. The number of carboxylic acid groups (broad SMARTS) is 1. The third-order valence-corrected chi connectivity index (χ3v) is 6.40. The number of carbonyl (C=O) groups excluding carboxylic acids is 2. The van der Waals surface area contributed by atoms with Crippen LogP contribution in [0.1, 0.15) is 23.2 Å². The minimum Gasteiger partial charge on any atom is -0.478 e. The number of ether oxygens (including phenoxy) is 1. The van der Waals surface area contributed by atoms with Gasteiger partial charge in [0.15, 0.2) is 17.3 Å². The molecular formula is C24H16F6N4O6. The first-order valence-electron chi connectivity index (χ1n) is 11.6. The van der Waals surface area contributed by atoms with Gasteiger partial charge in [0.25, 0.3) is 5.91 Å². The predicted octanol–water partition coefficient (Wildman–Crippen LogP) is 3.28. The fraction of sp³-hybridized carbons (Fsp3) is 0.292. The predicted molar refractivity (Wildman–Crippen MR) is 122 cm³/mol. The highest BCUT2D eigenvalue weighted by molar-refractivity contribution is 5.98. The number of hydrogen-bond acceptors (Lipinski definition) is 6. The molecule has 0 bridgehead atoms. The van der Waals surface area contributed by atoms with Gasteiger partial charge in [-0.15, -0.1) is 0 Å². The van der Waals surface area contributed by atoms with E-state index in [0.717, 1.165) is 17.0 Å². The van der Waals surface area contributed by atoms with Gasteiger partial charge >= 0.3 is 18.2 Å². The van der Waals surface area contributed by atoms with E-state index in [1.54, 1.807) is 5.32 Å². The molecule has 1 aromatic carbocycles. The second-order valence-corrected chi connectivity index (χ2v) is 9.15. The highest BCUT2D eigenvalue weighted by atomic mass is 19.4. The number of aliphatic carboxylic acids is 1. The van der Waals surface area contributed by atoms with E-state index in [4.69, 9.17) is 9.84 Å². The number of rotatable bonds is 6. The van der Waals surface area contributed by atoms with Crippen molar-refractivity contribution in [1.29, 1.82) is 0 Å². The maximum Gasteiger partial charge on any atom is 0.416 e. The van der Waals surface area contributed by atoms with Crippen molar-refractivity contribution < 1.29 is 50.6 Å². The summed E-state index contributed by atoms with van der Waals surface area (Å²) in [5.41, 5.74) is -3.70. The van der Waals surface area contributed by atoms with Crippen molar-refractivity contribution in [2.75, 3.05) is 11.4 Å². The number of alkyl halides is 3. The molecule has 1 aliphatic heterocycles. The van der Waals surface area contributed by atoms with E-state index in [0.29, 0.717) is 10.8 Å². The second-order valence-electron chi connectivity index (χ2n) is 9.15. The number of anilines is 1. The first kappa shape index (κ1) is 27.0. The lowest BCUT2D eigenvalue weighted by molar-refractivity contribution is -0.158. The molecule has 2 aromatic heterocycles. The Morgan fingerprint density at radius 1 is 1.10 bits per heavy atom.